The molecule has 0 saturated carbocycles. The van der Waals surface area contributed by atoms with Crippen molar-refractivity contribution in [3.05, 3.63) is 65.6 Å². The fourth-order valence-corrected chi connectivity index (χ4v) is 5.02. The van der Waals surface area contributed by atoms with Crippen LogP contribution in [0, 0.1) is 18.6 Å². The number of rotatable bonds is 5. The largest absolute Gasteiger partial charge is 0.476 e. The van der Waals surface area contributed by atoms with Crippen molar-refractivity contribution in [3.63, 3.8) is 0 Å². The Labute approximate surface area is 222 Å². The average molecular weight is 558 g/mol. The van der Waals surface area contributed by atoms with Gasteiger partial charge in [0.25, 0.3) is 5.91 Å². The highest BCUT2D eigenvalue weighted by Crippen LogP contribution is 2.40. The maximum Gasteiger partial charge on any atom is 0.268 e. The highest BCUT2D eigenvalue weighted by atomic mass is 32.2. The summed E-state index contributed by atoms with van der Waals surface area (Å²) in [5, 5.41) is 10.1. The fourth-order valence-electron chi connectivity index (χ4n) is 4.38. The summed E-state index contributed by atoms with van der Waals surface area (Å²) in [7, 11) is -3.79. The van der Waals surface area contributed by atoms with Gasteiger partial charge in [0.2, 0.25) is 0 Å². The first-order valence-electron chi connectivity index (χ1n) is 11.9. The SMILES string of the molecule is Cc1nc2cc(F)c(-c3cnc(C(C)(C)O)nc3)cn2c1CN1C(=O)[C@@H](C)Oc2c(F)cc(S(C)(=O)=O)cc21. The van der Waals surface area contributed by atoms with Gasteiger partial charge in [-0.15, -0.1) is 0 Å². The maximum atomic E-state index is 15.1. The van der Waals surface area contributed by atoms with E-state index in [4.69, 9.17) is 4.74 Å². The van der Waals surface area contributed by atoms with E-state index in [-0.39, 0.29) is 39.9 Å². The monoisotopic (exact) mass is 557 g/mol. The molecule has 1 aromatic carbocycles. The molecule has 0 unspecified atom stereocenters. The van der Waals surface area contributed by atoms with Gasteiger partial charge in [0.05, 0.1) is 28.5 Å². The zero-order valence-corrected chi connectivity index (χ0v) is 22.5. The van der Waals surface area contributed by atoms with E-state index in [0.717, 1.165) is 12.3 Å². The molecule has 0 saturated heterocycles. The quantitative estimate of drug-likeness (QED) is 0.396. The van der Waals surface area contributed by atoms with E-state index in [1.54, 1.807) is 11.3 Å². The number of fused-ring (bicyclic) bond motifs is 2. The number of pyridine rings is 1. The smallest absolute Gasteiger partial charge is 0.268 e. The molecule has 1 aliphatic rings. The van der Waals surface area contributed by atoms with E-state index in [1.165, 1.54) is 56.4 Å². The molecule has 13 heteroatoms. The molecule has 1 aliphatic heterocycles. The minimum atomic E-state index is -3.79. The van der Waals surface area contributed by atoms with Gasteiger partial charge < -0.3 is 14.2 Å². The number of ether oxygens (including phenoxy) is 1. The van der Waals surface area contributed by atoms with Crippen LogP contribution in [0.25, 0.3) is 16.8 Å². The Morgan fingerprint density at radius 3 is 2.41 bits per heavy atom. The molecule has 0 radical (unpaired) electrons. The molecule has 204 valence electrons. The Morgan fingerprint density at radius 2 is 1.79 bits per heavy atom. The number of hydrogen-bond donors (Lipinski definition) is 1. The lowest BCUT2D eigenvalue weighted by atomic mass is 10.1. The number of carbonyl (C=O) groups is 1. The van der Waals surface area contributed by atoms with Crippen molar-refractivity contribution in [2.24, 2.45) is 0 Å². The van der Waals surface area contributed by atoms with E-state index in [0.29, 0.717) is 17.0 Å². The van der Waals surface area contributed by atoms with Gasteiger partial charge in [-0.1, -0.05) is 0 Å². The number of hydrogen-bond acceptors (Lipinski definition) is 8. The standard InChI is InChI=1S/C26H25F2N5O5S/c1-13-21(12-33-20-7-16(39(5,36)37)6-19(28)23(20)38-14(2)24(33)34)32-11-17(18(27)8-22(32)31-13)15-9-29-25(30-10-15)26(3,4)35/h6-11,14,35H,12H2,1-5H3/t14-/m1/s1. The van der Waals surface area contributed by atoms with Crippen molar-refractivity contribution in [2.75, 3.05) is 11.2 Å². The lowest BCUT2D eigenvalue weighted by molar-refractivity contribution is -0.125. The van der Waals surface area contributed by atoms with Crippen LogP contribution in [0.5, 0.6) is 5.75 Å². The van der Waals surface area contributed by atoms with Crippen LogP contribution in [-0.4, -0.2) is 51.1 Å². The number of halogens is 2. The Hall–Kier alpha value is -3.97. The van der Waals surface area contributed by atoms with E-state index >= 15 is 4.39 Å². The number of anilines is 1. The average Bonchev–Trinajstić information content (AvgIpc) is 3.14. The van der Waals surface area contributed by atoms with Gasteiger partial charge >= 0.3 is 0 Å². The second-order valence-electron chi connectivity index (χ2n) is 9.97. The number of aryl methyl sites for hydroxylation is 1. The van der Waals surface area contributed by atoms with Gasteiger partial charge in [-0.2, -0.15) is 0 Å². The van der Waals surface area contributed by atoms with Crippen molar-refractivity contribution in [1.29, 1.82) is 0 Å². The zero-order chi connectivity index (χ0) is 28.4. The van der Waals surface area contributed by atoms with Crippen LogP contribution in [0.3, 0.4) is 0 Å². The van der Waals surface area contributed by atoms with Crippen molar-refractivity contribution < 1.29 is 31.8 Å². The van der Waals surface area contributed by atoms with Gasteiger partial charge in [0.15, 0.2) is 33.3 Å². The number of nitrogens with zero attached hydrogens (tertiary/aromatic N) is 5. The number of benzene rings is 1. The highest BCUT2D eigenvalue weighted by molar-refractivity contribution is 7.90. The molecule has 0 bridgehead atoms. The Bertz CT molecular complexity index is 1750. The molecule has 0 fully saturated rings. The predicted octanol–water partition coefficient (Wildman–Crippen LogP) is 3.32. The summed E-state index contributed by atoms with van der Waals surface area (Å²) in [4.78, 5) is 26.8. The van der Waals surface area contributed by atoms with Crippen LogP contribution in [0.2, 0.25) is 0 Å². The molecule has 4 heterocycles. The number of aromatic nitrogens is 4. The topological polar surface area (TPSA) is 127 Å². The van der Waals surface area contributed by atoms with Crippen LogP contribution in [0.15, 0.2) is 41.7 Å². The molecule has 0 spiro atoms. The van der Waals surface area contributed by atoms with Crippen LogP contribution in [-0.2, 0) is 26.8 Å². The van der Waals surface area contributed by atoms with Gasteiger partial charge in [-0.3, -0.25) is 9.69 Å². The molecule has 4 aromatic rings. The third kappa shape index (κ3) is 4.72. The molecule has 5 rings (SSSR count). The van der Waals surface area contributed by atoms with E-state index in [9.17, 15) is 22.7 Å². The molecule has 0 aliphatic carbocycles. The summed E-state index contributed by atoms with van der Waals surface area (Å²) in [6, 6.07) is 3.28. The molecule has 1 atom stereocenters. The molecule has 39 heavy (non-hydrogen) atoms. The maximum absolute atomic E-state index is 15.1. The van der Waals surface area contributed by atoms with Crippen LogP contribution < -0.4 is 9.64 Å². The van der Waals surface area contributed by atoms with Gasteiger partial charge in [0.1, 0.15) is 17.1 Å². The summed E-state index contributed by atoms with van der Waals surface area (Å²) in [6.07, 6.45) is 4.19. The fraction of sp³-hybridized carbons (Fsp3) is 0.308. The van der Waals surface area contributed by atoms with Gasteiger partial charge in [-0.25, -0.2) is 32.2 Å². The zero-order valence-electron chi connectivity index (χ0n) is 21.7. The van der Waals surface area contributed by atoms with Crippen molar-refractivity contribution in [2.45, 2.75) is 50.8 Å². The minimum absolute atomic E-state index is 0.0363. The normalized spacial score (nSPS) is 15.9. The summed E-state index contributed by atoms with van der Waals surface area (Å²) < 4.78 is 61.4. The van der Waals surface area contributed by atoms with Crippen molar-refractivity contribution >= 4 is 27.1 Å². The lowest BCUT2D eigenvalue weighted by Gasteiger charge is -2.33. The van der Waals surface area contributed by atoms with Crippen LogP contribution in [0.4, 0.5) is 14.5 Å². The molecule has 1 amide bonds. The van der Waals surface area contributed by atoms with E-state index in [1.807, 2.05) is 0 Å². The third-order valence-electron chi connectivity index (χ3n) is 6.45. The first kappa shape index (κ1) is 26.6. The van der Waals surface area contributed by atoms with Gasteiger partial charge in [-0.05, 0) is 39.8 Å². The second-order valence-corrected chi connectivity index (χ2v) is 12.0. The first-order valence-corrected chi connectivity index (χ1v) is 13.8. The molecular formula is C26H25F2N5O5S. The number of imidazole rings is 1. The number of carbonyl (C=O) groups excluding carboxylic acids is 1. The van der Waals surface area contributed by atoms with E-state index < -0.39 is 39.1 Å². The first-order chi connectivity index (χ1) is 18.1. The minimum Gasteiger partial charge on any atom is -0.476 e. The summed E-state index contributed by atoms with van der Waals surface area (Å²) in [5.74, 6) is -2.08. The number of sulfone groups is 1. The summed E-state index contributed by atoms with van der Waals surface area (Å²) >= 11 is 0. The van der Waals surface area contributed by atoms with E-state index in [2.05, 4.69) is 15.0 Å². The predicted molar refractivity (Wildman–Crippen MR) is 137 cm³/mol. The Balaban J connectivity index is 1.62. The van der Waals surface area contributed by atoms with Gasteiger partial charge in [0, 0.05) is 42.0 Å². The van der Waals surface area contributed by atoms with Crippen molar-refractivity contribution in [3.8, 4) is 16.9 Å². The highest BCUT2D eigenvalue weighted by Gasteiger charge is 2.36. The summed E-state index contributed by atoms with van der Waals surface area (Å²) in [5.41, 5.74) is 0.419. The Kier molecular flexibility index (Phi) is 6.18. The summed E-state index contributed by atoms with van der Waals surface area (Å²) in [6.45, 7) is 6.09. The number of aliphatic hydroxyl groups is 1. The second kappa shape index (κ2) is 9.06. The number of amides is 1. The molecule has 3 aromatic heterocycles. The molecular weight excluding hydrogens is 532 g/mol. The Morgan fingerprint density at radius 1 is 1.13 bits per heavy atom. The third-order valence-corrected chi connectivity index (χ3v) is 7.54. The van der Waals surface area contributed by atoms with Crippen LogP contribution in [0.1, 0.15) is 38.0 Å². The lowest BCUT2D eigenvalue weighted by Crippen LogP contribution is -2.44. The molecule has 1 N–H and O–H groups in total. The van der Waals surface area contributed by atoms with Crippen molar-refractivity contribution in [1.82, 2.24) is 19.4 Å². The van der Waals surface area contributed by atoms with Crippen LogP contribution >= 0.6 is 0 Å². The molecule has 10 nitrogen and oxygen atoms in total.